The van der Waals surface area contributed by atoms with E-state index in [2.05, 4.69) is 32.4 Å². The summed E-state index contributed by atoms with van der Waals surface area (Å²) in [5.41, 5.74) is 6.92. The van der Waals surface area contributed by atoms with Gasteiger partial charge in [-0.3, -0.25) is 19.0 Å². The van der Waals surface area contributed by atoms with E-state index in [0.29, 0.717) is 28.0 Å². The maximum Gasteiger partial charge on any atom is 0.274 e. The van der Waals surface area contributed by atoms with Crippen molar-refractivity contribution in [1.82, 2.24) is 30.2 Å². The van der Waals surface area contributed by atoms with Crippen LogP contribution in [-0.4, -0.2) is 37.9 Å². The summed E-state index contributed by atoms with van der Waals surface area (Å²) in [6, 6.07) is 13.5. The molecule has 180 valence electrons. The van der Waals surface area contributed by atoms with Gasteiger partial charge in [-0.15, -0.1) is 0 Å². The number of nitrogen functional groups attached to an aromatic ring is 1. The number of carbonyl (C=O) groups is 2. The average molecular weight is 482 g/mol. The Labute approximate surface area is 206 Å². The van der Waals surface area contributed by atoms with Crippen molar-refractivity contribution in [2.24, 2.45) is 0 Å². The van der Waals surface area contributed by atoms with Crippen molar-refractivity contribution in [1.29, 1.82) is 0 Å². The molecule has 0 saturated heterocycles. The summed E-state index contributed by atoms with van der Waals surface area (Å²) in [6.45, 7) is 3.27. The average Bonchev–Trinajstić information content (AvgIpc) is 2.87. The lowest BCUT2D eigenvalue weighted by Gasteiger charge is -2.20. The predicted octanol–water partition coefficient (Wildman–Crippen LogP) is 1.74. The molecule has 10 nitrogen and oxygen atoms in total. The number of aromatic nitrogens is 4. The number of hydrogen-bond acceptors (Lipinski definition) is 7. The zero-order valence-corrected chi connectivity index (χ0v) is 19.6. The number of carbonyl (C=O) groups excluding carboxylic acids is 2. The Morgan fingerprint density at radius 2 is 1.83 bits per heavy atom. The van der Waals surface area contributed by atoms with E-state index < -0.39 is 11.9 Å². The van der Waals surface area contributed by atoms with Crippen LogP contribution in [0.4, 0.5) is 5.82 Å². The fourth-order valence-corrected chi connectivity index (χ4v) is 3.63. The molecule has 1 atom stereocenters. The van der Waals surface area contributed by atoms with E-state index in [1.54, 1.807) is 49.4 Å². The smallest absolute Gasteiger partial charge is 0.274 e. The molecule has 0 radical (unpaired) electrons. The Morgan fingerprint density at radius 1 is 1.08 bits per heavy atom. The van der Waals surface area contributed by atoms with E-state index in [1.165, 1.54) is 23.9 Å². The Balaban J connectivity index is 1.84. The summed E-state index contributed by atoms with van der Waals surface area (Å²) in [6.07, 6.45) is 2.77. The highest BCUT2D eigenvalue weighted by atomic mass is 16.2. The number of benzene rings is 2. The molecule has 0 spiro atoms. The second-order valence-corrected chi connectivity index (χ2v) is 7.84. The molecular formula is C26H23N7O3. The second kappa shape index (κ2) is 10.5. The number of para-hydroxylation sites is 1. The lowest BCUT2D eigenvalue weighted by molar-refractivity contribution is -0.118. The fourth-order valence-electron chi connectivity index (χ4n) is 3.63. The van der Waals surface area contributed by atoms with Gasteiger partial charge in [0.2, 0.25) is 5.91 Å². The van der Waals surface area contributed by atoms with Crippen molar-refractivity contribution in [3.63, 3.8) is 0 Å². The van der Waals surface area contributed by atoms with Gasteiger partial charge in [0.25, 0.3) is 11.5 Å². The minimum Gasteiger partial charge on any atom is -0.382 e. The minimum atomic E-state index is -0.689. The molecule has 1 unspecified atom stereocenters. The third-order valence-electron chi connectivity index (χ3n) is 5.26. The lowest BCUT2D eigenvalue weighted by Crippen LogP contribution is -2.34. The SMILES string of the molecule is CC(=O)NCC#Cc1cccc2nc(C(C)NC(=O)c3nccnc3N)n(-c3ccccc3)c(=O)c12. The fraction of sp³-hybridized carbons (Fsp3) is 0.154. The van der Waals surface area contributed by atoms with Gasteiger partial charge in [0.1, 0.15) is 5.82 Å². The van der Waals surface area contributed by atoms with Crippen LogP contribution in [0.2, 0.25) is 0 Å². The van der Waals surface area contributed by atoms with Crippen LogP contribution in [0, 0.1) is 11.8 Å². The van der Waals surface area contributed by atoms with Gasteiger partial charge in [0, 0.05) is 24.9 Å². The van der Waals surface area contributed by atoms with Crippen LogP contribution in [0.1, 0.15) is 41.8 Å². The number of nitrogens with zero attached hydrogens (tertiary/aromatic N) is 4. The molecule has 4 rings (SSSR count). The van der Waals surface area contributed by atoms with E-state index in [-0.39, 0.29) is 29.5 Å². The molecule has 0 fully saturated rings. The van der Waals surface area contributed by atoms with Gasteiger partial charge in [-0.2, -0.15) is 0 Å². The molecule has 0 aliphatic rings. The summed E-state index contributed by atoms with van der Waals surface area (Å²) in [4.78, 5) is 50.5. The Morgan fingerprint density at radius 3 is 2.56 bits per heavy atom. The third-order valence-corrected chi connectivity index (χ3v) is 5.26. The Kier molecular flexibility index (Phi) is 7.02. The van der Waals surface area contributed by atoms with Gasteiger partial charge < -0.3 is 16.4 Å². The number of amides is 2. The highest BCUT2D eigenvalue weighted by molar-refractivity contribution is 5.96. The van der Waals surface area contributed by atoms with Crippen LogP contribution in [0.5, 0.6) is 0 Å². The molecule has 0 bridgehead atoms. The van der Waals surface area contributed by atoms with Crippen LogP contribution in [0.3, 0.4) is 0 Å². The van der Waals surface area contributed by atoms with Crippen LogP contribution >= 0.6 is 0 Å². The van der Waals surface area contributed by atoms with E-state index in [0.717, 1.165) is 0 Å². The van der Waals surface area contributed by atoms with Gasteiger partial charge in [-0.25, -0.2) is 15.0 Å². The van der Waals surface area contributed by atoms with E-state index in [9.17, 15) is 14.4 Å². The van der Waals surface area contributed by atoms with Crippen molar-refractivity contribution in [2.75, 3.05) is 12.3 Å². The number of hydrogen-bond donors (Lipinski definition) is 3. The number of rotatable bonds is 5. The molecule has 2 heterocycles. The first-order valence-electron chi connectivity index (χ1n) is 11.1. The first-order valence-corrected chi connectivity index (χ1v) is 11.1. The summed E-state index contributed by atoms with van der Waals surface area (Å²) < 4.78 is 1.45. The zero-order chi connectivity index (χ0) is 25.7. The van der Waals surface area contributed by atoms with Crippen LogP contribution in [0.15, 0.2) is 65.7 Å². The van der Waals surface area contributed by atoms with Gasteiger partial charge in [0.15, 0.2) is 11.5 Å². The number of fused-ring (bicyclic) bond motifs is 1. The maximum atomic E-state index is 13.9. The molecule has 4 aromatic rings. The first kappa shape index (κ1) is 24.1. The first-order chi connectivity index (χ1) is 17.4. The van der Waals surface area contributed by atoms with Gasteiger partial charge >= 0.3 is 0 Å². The van der Waals surface area contributed by atoms with Crippen LogP contribution in [0.25, 0.3) is 16.6 Å². The van der Waals surface area contributed by atoms with Crippen molar-refractivity contribution in [3.05, 3.63) is 88.4 Å². The minimum absolute atomic E-state index is 0.00315. The summed E-state index contributed by atoms with van der Waals surface area (Å²) in [5, 5.41) is 5.75. The standard InChI is InChI=1S/C26H23N7O3/c1-16(31-25(35)22-23(27)30-15-14-29-22)24-32-20-12-6-8-18(9-7-13-28-17(2)34)21(20)26(36)33(24)19-10-4-3-5-11-19/h3-6,8,10-12,14-16H,13H2,1-2H3,(H2,27,30)(H,28,34)(H,31,35). The Bertz CT molecular complexity index is 1570. The van der Waals surface area contributed by atoms with Crippen LogP contribution < -0.4 is 21.9 Å². The van der Waals surface area contributed by atoms with Crippen molar-refractivity contribution in [2.45, 2.75) is 19.9 Å². The van der Waals surface area contributed by atoms with E-state index >= 15 is 0 Å². The predicted molar refractivity (Wildman–Crippen MR) is 135 cm³/mol. The van der Waals surface area contributed by atoms with E-state index in [4.69, 9.17) is 10.7 Å². The highest BCUT2D eigenvalue weighted by Crippen LogP contribution is 2.20. The van der Waals surface area contributed by atoms with Gasteiger partial charge in [-0.1, -0.05) is 36.1 Å². The third kappa shape index (κ3) is 5.05. The summed E-state index contributed by atoms with van der Waals surface area (Å²) in [5.74, 6) is 5.39. The molecule has 4 N–H and O–H groups in total. The molecule has 2 amide bonds. The molecule has 2 aromatic heterocycles. The monoisotopic (exact) mass is 481 g/mol. The van der Waals surface area contributed by atoms with E-state index in [1.807, 2.05) is 6.07 Å². The lowest BCUT2D eigenvalue weighted by atomic mass is 10.1. The molecule has 36 heavy (non-hydrogen) atoms. The van der Waals surface area contributed by atoms with Gasteiger partial charge in [0.05, 0.1) is 29.2 Å². The Hall–Kier alpha value is -5.04. The molecular weight excluding hydrogens is 458 g/mol. The number of anilines is 1. The maximum absolute atomic E-state index is 13.9. The molecule has 10 heteroatoms. The van der Waals surface area contributed by atoms with Crippen LogP contribution in [-0.2, 0) is 4.79 Å². The number of nitrogens with one attached hydrogen (secondary N) is 2. The van der Waals surface area contributed by atoms with Crippen molar-refractivity contribution in [3.8, 4) is 17.5 Å². The molecule has 0 aliphatic heterocycles. The summed E-state index contributed by atoms with van der Waals surface area (Å²) in [7, 11) is 0. The van der Waals surface area contributed by atoms with Gasteiger partial charge in [-0.05, 0) is 31.2 Å². The zero-order valence-electron chi connectivity index (χ0n) is 19.6. The highest BCUT2D eigenvalue weighted by Gasteiger charge is 2.22. The second-order valence-electron chi connectivity index (χ2n) is 7.84. The molecule has 0 aliphatic carbocycles. The van der Waals surface area contributed by atoms with Crippen molar-refractivity contribution < 1.29 is 9.59 Å². The van der Waals surface area contributed by atoms with Crippen molar-refractivity contribution >= 4 is 28.5 Å². The normalized spacial score (nSPS) is 11.3. The largest absolute Gasteiger partial charge is 0.382 e. The summed E-state index contributed by atoms with van der Waals surface area (Å²) >= 11 is 0. The number of nitrogens with two attached hydrogens (primary N) is 1. The molecule has 2 aromatic carbocycles. The molecule has 0 saturated carbocycles. The quantitative estimate of drug-likeness (QED) is 0.368. The topological polar surface area (TPSA) is 145 Å².